The van der Waals surface area contributed by atoms with Gasteiger partial charge in [-0.15, -0.1) is 4.68 Å². The molecule has 1 aromatic heterocycles. The maximum absolute atomic E-state index is 3.42. The number of aromatic nitrogens is 1. The first-order valence-electron chi connectivity index (χ1n) is 6.64. The average Bonchev–Trinajstić information content (AvgIpc) is 2.55. The van der Waals surface area contributed by atoms with Crippen LogP contribution in [0.25, 0.3) is 16.5 Å². The van der Waals surface area contributed by atoms with Crippen LogP contribution in [0.5, 0.6) is 0 Å². The standard InChI is InChI=1S/C17H13N3.BrH/c1-2-7-14(8-3-1)16-12-18-17-15-9-5-4-6-13(15)10-11-20(17)19-16;/h1-12,19H;1H. The zero-order valence-corrected chi connectivity index (χ0v) is 12.8. The first-order valence-corrected chi connectivity index (χ1v) is 6.64. The molecule has 1 aliphatic rings. The molecule has 0 amide bonds. The summed E-state index contributed by atoms with van der Waals surface area (Å²) < 4.78 is 2.02. The minimum atomic E-state index is 0. The Morgan fingerprint density at radius 1 is 0.810 bits per heavy atom. The van der Waals surface area contributed by atoms with Crippen LogP contribution < -0.4 is 32.4 Å². The Balaban J connectivity index is 0.00000132. The summed E-state index contributed by atoms with van der Waals surface area (Å²) in [7, 11) is 0. The van der Waals surface area contributed by atoms with Gasteiger partial charge in [0.15, 0.2) is 0 Å². The normalized spacial score (nSPS) is 12.5. The van der Waals surface area contributed by atoms with Crippen molar-refractivity contribution in [2.75, 3.05) is 10.7 Å². The highest BCUT2D eigenvalue weighted by molar-refractivity contribution is 5.91. The van der Waals surface area contributed by atoms with Crippen molar-refractivity contribution in [2.45, 2.75) is 0 Å². The van der Waals surface area contributed by atoms with Crippen LogP contribution in [0.1, 0.15) is 5.56 Å². The summed E-state index contributed by atoms with van der Waals surface area (Å²) in [6.07, 6.45) is 4.05. The summed E-state index contributed by atoms with van der Waals surface area (Å²) in [5.74, 6) is 1.06. The van der Waals surface area contributed by atoms with Crippen molar-refractivity contribution in [1.29, 1.82) is 0 Å². The van der Waals surface area contributed by atoms with Crippen molar-refractivity contribution in [3.8, 4) is 0 Å². The average molecular weight is 340 g/mol. The lowest BCUT2D eigenvalue weighted by Crippen LogP contribution is -3.00. The number of benzene rings is 2. The van der Waals surface area contributed by atoms with Gasteiger partial charge in [-0.2, -0.15) is 0 Å². The SMILES string of the molecule is C1=C(c2ccccc2)N[n+]2ccc3ccccc3c2N1.[Br-]. The van der Waals surface area contributed by atoms with E-state index in [2.05, 4.69) is 53.2 Å². The largest absolute Gasteiger partial charge is 1.00 e. The lowest BCUT2D eigenvalue weighted by molar-refractivity contribution is -0.627. The molecule has 2 heterocycles. The molecule has 0 saturated carbocycles. The highest BCUT2D eigenvalue weighted by Crippen LogP contribution is 2.22. The first-order chi connectivity index (χ1) is 9.92. The topological polar surface area (TPSA) is 27.9 Å². The third-order valence-corrected chi connectivity index (χ3v) is 3.54. The van der Waals surface area contributed by atoms with Crippen LogP contribution in [0.3, 0.4) is 0 Å². The monoisotopic (exact) mass is 339 g/mol. The number of rotatable bonds is 1. The van der Waals surface area contributed by atoms with Crippen LogP contribution in [0.4, 0.5) is 5.82 Å². The van der Waals surface area contributed by atoms with Gasteiger partial charge in [0.05, 0.1) is 5.39 Å². The predicted octanol–water partition coefficient (Wildman–Crippen LogP) is 0.0989. The minimum Gasteiger partial charge on any atom is -1.00 e. The van der Waals surface area contributed by atoms with Crippen LogP contribution in [-0.4, -0.2) is 0 Å². The fourth-order valence-corrected chi connectivity index (χ4v) is 2.53. The van der Waals surface area contributed by atoms with Crippen molar-refractivity contribution in [2.24, 2.45) is 0 Å². The van der Waals surface area contributed by atoms with Crippen LogP contribution in [0, 0.1) is 0 Å². The molecule has 0 atom stereocenters. The van der Waals surface area contributed by atoms with E-state index in [1.165, 1.54) is 10.8 Å². The Morgan fingerprint density at radius 3 is 2.43 bits per heavy atom. The molecular formula is C17H14BrN3. The van der Waals surface area contributed by atoms with E-state index in [4.69, 9.17) is 0 Å². The molecule has 0 radical (unpaired) electrons. The van der Waals surface area contributed by atoms with Crippen molar-refractivity contribution in [3.05, 3.63) is 78.6 Å². The van der Waals surface area contributed by atoms with Gasteiger partial charge >= 0.3 is 5.82 Å². The number of anilines is 1. The molecule has 2 aromatic carbocycles. The van der Waals surface area contributed by atoms with Gasteiger partial charge in [-0.05, 0) is 17.5 Å². The van der Waals surface area contributed by atoms with E-state index < -0.39 is 0 Å². The summed E-state index contributed by atoms with van der Waals surface area (Å²) in [6.45, 7) is 0. The van der Waals surface area contributed by atoms with Crippen molar-refractivity contribution in [3.63, 3.8) is 0 Å². The van der Waals surface area contributed by atoms with E-state index in [0.29, 0.717) is 0 Å². The first kappa shape index (κ1) is 13.6. The summed E-state index contributed by atoms with van der Waals surface area (Å²) >= 11 is 0. The highest BCUT2D eigenvalue weighted by Gasteiger charge is 2.19. The minimum absolute atomic E-state index is 0. The lowest BCUT2D eigenvalue weighted by atomic mass is 10.1. The van der Waals surface area contributed by atoms with E-state index in [-0.39, 0.29) is 17.0 Å². The quantitative estimate of drug-likeness (QED) is 0.615. The number of nitrogens with zero attached hydrogens (tertiary/aromatic N) is 1. The Labute approximate surface area is 133 Å². The molecule has 0 unspecified atom stereocenters. The fraction of sp³-hybridized carbons (Fsp3) is 0. The number of hydrogen-bond acceptors (Lipinski definition) is 2. The molecule has 0 fully saturated rings. The smallest absolute Gasteiger partial charge is 0.310 e. The number of hydrogen-bond donors (Lipinski definition) is 2. The van der Waals surface area contributed by atoms with E-state index in [1.54, 1.807) is 0 Å². The summed E-state index contributed by atoms with van der Waals surface area (Å²) in [5, 5.41) is 5.82. The summed E-state index contributed by atoms with van der Waals surface area (Å²) in [6, 6.07) is 20.8. The van der Waals surface area contributed by atoms with Crippen LogP contribution in [-0.2, 0) is 0 Å². The molecule has 3 aromatic rings. The maximum atomic E-state index is 3.42. The maximum Gasteiger partial charge on any atom is 0.310 e. The van der Waals surface area contributed by atoms with Crippen LogP contribution in [0.15, 0.2) is 73.1 Å². The molecule has 1 aliphatic heterocycles. The highest BCUT2D eigenvalue weighted by atomic mass is 79.9. The van der Waals surface area contributed by atoms with Crippen molar-refractivity contribution >= 4 is 22.3 Å². The Morgan fingerprint density at radius 2 is 1.57 bits per heavy atom. The van der Waals surface area contributed by atoms with Gasteiger partial charge in [0.2, 0.25) is 0 Å². The predicted molar refractivity (Wildman–Crippen MR) is 81.5 cm³/mol. The second kappa shape index (κ2) is 5.58. The lowest BCUT2D eigenvalue weighted by Gasteiger charge is -2.16. The zero-order valence-electron chi connectivity index (χ0n) is 11.3. The molecular weight excluding hydrogens is 326 g/mol. The molecule has 2 N–H and O–H groups in total. The summed E-state index contributed by atoms with van der Waals surface area (Å²) in [4.78, 5) is 0. The van der Waals surface area contributed by atoms with Gasteiger partial charge in [0, 0.05) is 5.56 Å². The van der Waals surface area contributed by atoms with E-state index >= 15 is 0 Å². The van der Waals surface area contributed by atoms with Crippen molar-refractivity contribution in [1.82, 2.24) is 0 Å². The molecule has 21 heavy (non-hydrogen) atoms. The van der Waals surface area contributed by atoms with Gasteiger partial charge in [-0.25, -0.2) is 10.7 Å². The molecule has 0 bridgehead atoms. The van der Waals surface area contributed by atoms with Crippen molar-refractivity contribution < 1.29 is 21.7 Å². The zero-order chi connectivity index (χ0) is 13.4. The molecule has 0 spiro atoms. The van der Waals surface area contributed by atoms with Gasteiger partial charge in [-0.1, -0.05) is 48.5 Å². The third-order valence-electron chi connectivity index (χ3n) is 3.54. The third kappa shape index (κ3) is 2.38. The Bertz CT molecular complexity index is 813. The van der Waals surface area contributed by atoms with Gasteiger partial charge in [0.25, 0.3) is 0 Å². The number of fused-ring (bicyclic) bond motifs is 3. The number of halogens is 1. The van der Waals surface area contributed by atoms with Gasteiger partial charge in [0.1, 0.15) is 18.1 Å². The Hall–Kier alpha value is -2.33. The molecule has 3 nitrogen and oxygen atoms in total. The number of pyridine rings is 1. The summed E-state index contributed by atoms with van der Waals surface area (Å²) in [5.41, 5.74) is 5.63. The molecule has 0 aliphatic carbocycles. The van der Waals surface area contributed by atoms with Crippen LogP contribution in [0.2, 0.25) is 0 Å². The molecule has 4 heteroatoms. The number of nitrogens with one attached hydrogen (secondary N) is 2. The molecule has 4 rings (SSSR count). The Kier molecular flexibility index (Phi) is 3.62. The molecule has 104 valence electrons. The van der Waals surface area contributed by atoms with Gasteiger partial charge < -0.3 is 17.0 Å². The van der Waals surface area contributed by atoms with E-state index in [1.807, 2.05) is 35.3 Å². The van der Waals surface area contributed by atoms with E-state index in [0.717, 1.165) is 17.1 Å². The van der Waals surface area contributed by atoms with Crippen LogP contribution >= 0.6 is 0 Å². The van der Waals surface area contributed by atoms with Gasteiger partial charge in [-0.3, -0.25) is 0 Å². The second-order valence-corrected chi connectivity index (χ2v) is 4.80. The molecule has 0 saturated heterocycles. The van der Waals surface area contributed by atoms with E-state index in [9.17, 15) is 0 Å². The second-order valence-electron chi connectivity index (χ2n) is 4.80. The fourth-order valence-electron chi connectivity index (χ4n) is 2.53.